The predicted octanol–water partition coefficient (Wildman–Crippen LogP) is 4.77. The number of ketones is 2. The van der Waals surface area contributed by atoms with Crippen LogP contribution in [-0.2, 0) is 0 Å². The standard InChI is InChI=1S/C19H11BrO2/c20-14-8-7-11-9-13(6-5-12(11)10-14)17-18(21)15-3-1-2-4-16(15)19(17)22/h1-10,17H. The minimum absolute atomic E-state index is 0.0999. The lowest BCUT2D eigenvalue weighted by Crippen LogP contribution is -2.12. The summed E-state index contributed by atoms with van der Waals surface area (Å²) in [4.78, 5) is 25.1. The third-order valence-electron chi connectivity index (χ3n) is 4.14. The number of carbonyl (C=O) groups is 2. The number of hydrogen-bond acceptors (Lipinski definition) is 2. The Morgan fingerprint density at radius 3 is 2.00 bits per heavy atom. The number of fused-ring (bicyclic) bond motifs is 2. The molecule has 1 aliphatic carbocycles. The maximum absolute atomic E-state index is 12.6. The minimum Gasteiger partial charge on any atom is -0.293 e. The summed E-state index contributed by atoms with van der Waals surface area (Å²) in [5.74, 6) is -0.903. The Morgan fingerprint density at radius 2 is 1.32 bits per heavy atom. The van der Waals surface area contributed by atoms with Crippen molar-refractivity contribution in [2.75, 3.05) is 0 Å². The molecule has 22 heavy (non-hydrogen) atoms. The zero-order chi connectivity index (χ0) is 15.3. The van der Waals surface area contributed by atoms with E-state index in [1.807, 2.05) is 36.4 Å². The molecule has 0 bridgehead atoms. The van der Waals surface area contributed by atoms with Gasteiger partial charge in [-0.25, -0.2) is 0 Å². The Kier molecular flexibility index (Phi) is 2.98. The summed E-state index contributed by atoms with van der Waals surface area (Å²) in [6.07, 6.45) is 0. The zero-order valence-corrected chi connectivity index (χ0v) is 13.1. The molecule has 1 aliphatic rings. The molecular formula is C19H11BrO2. The van der Waals surface area contributed by atoms with Gasteiger partial charge in [0.15, 0.2) is 11.6 Å². The summed E-state index contributed by atoms with van der Waals surface area (Å²) in [6, 6.07) is 18.8. The number of Topliss-reactive ketones (excluding diaryl/α,β-unsaturated/α-hetero) is 2. The molecule has 0 spiro atoms. The van der Waals surface area contributed by atoms with E-state index in [2.05, 4.69) is 15.9 Å². The Hall–Kier alpha value is -2.26. The molecule has 0 aliphatic heterocycles. The van der Waals surface area contributed by atoms with Crippen molar-refractivity contribution in [3.05, 3.63) is 81.8 Å². The molecule has 3 heteroatoms. The molecule has 106 valence electrons. The van der Waals surface area contributed by atoms with Crippen LogP contribution in [0.5, 0.6) is 0 Å². The van der Waals surface area contributed by atoms with E-state index in [0.29, 0.717) is 11.1 Å². The zero-order valence-electron chi connectivity index (χ0n) is 11.5. The van der Waals surface area contributed by atoms with Gasteiger partial charge in [-0.3, -0.25) is 9.59 Å². The summed E-state index contributed by atoms with van der Waals surface area (Å²) in [5.41, 5.74) is 1.84. The van der Waals surface area contributed by atoms with Gasteiger partial charge in [-0.1, -0.05) is 58.4 Å². The van der Waals surface area contributed by atoms with E-state index < -0.39 is 5.92 Å². The highest BCUT2D eigenvalue weighted by atomic mass is 79.9. The van der Waals surface area contributed by atoms with Crippen molar-refractivity contribution in [2.45, 2.75) is 5.92 Å². The quantitative estimate of drug-likeness (QED) is 0.592. The molecule has 0 N–H and O–H groups in total. The van der Waals surface area contributed by atoms with Crippen LogP contribution >= 0.6 is 15.9 Å². The van der Waals surface area contributed by atoms with E-state index in [1.165, 1.54) is 0 Å². The highest BCUT2D eigenvalue weighted by molar-refractivity contribution is 9.10. The van der Waals surface area contributed by atoms with E-state index in [1.54, 1.807) is 24.3 Å². The van der Waals surface area contributed by atoms with Crippen molar-refractivity contribution in [3.63, 3.8) is 0 Å². The lowest BCUT2D eigenvalue weighted by atomic mass is 9.92. The van der Waals surface area contributed by atoms with Crippen molar-refractivity contribution in [1.29, 1.82) is 0 Å². The number of halogens is 1. The molecule has 0 heterocycles. The van der Waals surface area contributed by atoms with Gasteiger partial charge < -0.3 is 0 Å². The van der Waals surface area contributed by atoms with Crippen LogP contribution in [0.3, 0.4) is 0 Å². The molecule has 4 rings (SSSR count). The molecule has 0 saturated carbocycles. The largest absolute Gasteiger partial charge is 0.293 e. The van der Waals surface area contributed by atoms with Gasteiger partial charge in [-0.05, 0) is 34.5 Å². The summed E-state index contributed by atoms with van der Waals surface area (Å²) < 4.78 is 1.01. The first-order valence-electron chi connectivity index (χ1n) is 7.02. The molecule has 0 radical (unpaired) electrons. The first kappa shape index (κ1) is 13.4. The van der Waals surface area contributed by atoms with Crippen LogP contribution in [0.15, 0.2) is 65.1 Å². The van der Waals surface area contributed by atoms with Crippen molar-refractivity contribution in [2.24, 2.45) is 0 Å². The molecule has 3 aromatic carbocycles. The predicted molar refractivity (Wildman–Crippen MR) is 89.5 cm³/mol. The van der Waals surface area contributed by atoms with Crippen molar-refractivity contribution in [1.82, 2.24) is 0 Å². The third-order valence-corrected chi connectivity index (χ3v) is 4.64. The topological polar surface area (TPSA) is 34.1 Å². The van der Waals surface area contributed by atoms with E-state index >= 15 is 0 Å². The van der Waals surface area contributed by atoms with Crippen LogP contribution in [0.25, 0.3) is 10.8 Å². The van der Waals surface area contributed by atoms with Crippen LogP contribution < -0.4 is 0 Å². The monoisotopic (exact) mass is 350 g/mol. The average molecular weight is 351 g/mol. The van der Waals surface area contributed by atoms with Gasteiger partial charge in [0, 0.05) is 15.6 Å². The van der Waals surface area contributed by atoms with Crippen LogP contribution in [-0.4, -0.2) is 11.6 Å². The van der Waals surface area contributed by atoms with Gasteiger partial charge in [0.2, 0.25) is 0 Å². The maximum atomic E-state index is 12.6. The first-order valence-corrected chi connectivity index (χ1v) is 7.81. The first-order chi connectivity index (χ1) is 10.6. The fourth-order valence-electron chi connectivity index (χ4n) is 3.06. The summed E-state index contributed by atoms with van der Waals surface area (Å²) in [6.45, 7) is 0. The normalized spacial score (nSPS) is 14.6. The fourth-order valence-corrected chi connectivity index (χ4v) is 3.44. The Morgan fingerprint density at radius 1 is 0.727 bits per heavy atom. The van der Waals surface area contributed by atoms with Crippen LogP contribution in [0, 0.1) is 0 Å². The molecule has 0 fully saturated rings. The van der Waals surface area contributed by atoms with Crippen LogP contribution in [0.1, 0.15) is 32.2 Å². The fraction of sp³-hybridized carbons (Fsp3) is 0.0526. The van der Waals surface area contributed by atoms with Gasteiger partial charge in [-0.2, -0.15) is 0 Å². The van der Waals surface area contributed by atoms with Gasteiger partial charge >= 0.3 is 0 Å². The second-order valence-corrected chi connectivity index (χ2v) is 6.37. The minimum atomic E-state index is -0.703. The Labute approximate surface area is 135 Å². The molecule has 0 saturated heterocycles. The number of rotatable bonds is 1. The van der Waals surface area contributed by atoms with Crippen molar-refractivity contribution >= 4 is 38.3 Å². The summed E-state index contributed by atoms with van der Waals surface area (Å²) in [5, 5.41) is 2.10. The van der Waals surface area contributed by atoms with E-state index in [0.717, 1.165) is 20.8 Å². The lowest BCUT2D eigenvalue weighted by molar-refractivity contribution is 0.0890. The van der Waals surface area contributed by atoms with Gasteiger partial charge in [0.25, 0.3) is 0 Å². The molecule has 3 aromatic rings. The molecule has 0 unspecified atom stereocenters. The Bertz CT molecular complexity index is 908. The molecule has 2 nitrogen and oxygen atoms in total. The third kappa shape index (κ3) is 1.93. The van der Waals surface area contributed by atoms with E-state index in [4.69, 9.17) is 0 Å². The van der Waals surface area contributed by atoms with Gasteiger partial charge in [-0.15, -0.1) is 0 Å². The number of hydrogen-bond donors (Lipinski definition) is 0. The van der Waals surface area contributed by atoms with Gasteiger partial charge in [0.1, 0.15) is 5.92 Å². The van der Waals surface area contributed by atoms with E-state index in [-0.39, 0.29) is 11.6 Å². The second-order valence-electron chi connectivity index (χ2n) is 5.46. The van der Waals surface area contributed by atoms with Crippen molar-refractivity contribution in [3.8, 4) is 0 Å². The maximum Gasteiger partial charge on any atom is 0.178 e. The lowest BCUT2D eigenvalue weighted by Gasteiger charge is -2.09. The van der Waals surface area contributed by atoms with Crippen molar-refractivity contribution < 1.29 is 9.59 Å². The molecular weight excluding hydrogens is 340 g/mol. The Balaban J connectivity index is 1.85. The van der Waals surface area contributed by atoms with Crippen LogP contribution in [0.2, 0.25) is 0 Å². The second kappa shape index (κ2) is 4.89. The SMILES string of the molecule is O=C1c2ccccc2C(=O)C1c1ccc2cc(Br)ccc2c1. The van der Waals surface area contributed by atoms with Gasteiger partial charge in [0.05, 0.1) is 0 Å². The summed E-state index contributed by atoms with van der Waals surface area (Å²) in [7, 11) is 0. The average Bonchev–Trinajstić information content (AvgIpc) is 2.79. The van der Waals surface area contributed by atoms with E-state index in [9.17, 15) is 9.59 Å². The smallest absolute Gasteiger partial charge is 0.178 e. The highest BCUT2D eigenvalue weighted by Gasteiger charge is 2.39. The van der Waals surface area contributed by atoms with Crippen LogP contribution in [0.4, 0.5) is 0 Å². The molecule has 0 amide bonds. The number of carbonyl (C=O) groups excluding carboxylic acids is 2. The molecule has 0 atom stereocenters. The highest BCUT2D eigenvalue weighted by Crippen LogP contribution is 2.35. The summed E-state index contributed by atoms with van der Waals surface area (Å²) >= 11 is 3.45. The number of benzene rings is 3. The molecule has 0 aromatic heterocycles.